The zero-order valence-electron chi connectivity index (χ0n) is 9.07. The zero-order chi connectivity index (χ0) is 11.3. The molecule has 0 unspecified atom stereocenters. The monoisotopic (exact) mass is 211 g/mol. The molecule has 3 nitrogen and oxygen atoms in total. The van der Waals surface area contributed by atoms with Gasteiger partial charge in [0.15, 0.2) is 0 Å². The summed E-state index contributed by atoms with van der Waals surface area (Å²) in [5.74, 6) is 0. The van der Waals surface area contributed by atoms with E-state index in [2.05, 4.69) is 11.6 Å². The van der Waals surface area contributed by atoms with Crippen LogP contribution in [0.5, 0.6) is 0 Å². The normalized spacial score (nSPS) is 11.3. The van der Waals surface area contributed by atoms with E-state index in [0.717, 1.165) is 22.1 Å². The van der Waals surface area contributed by atoms with Gasteiger partial charge < -0.3 is 16.0 Å². The molecule has 4 N–H and O–H groups in total. The third kappa shape index (κ3) is 1.08. The fourth-order valence-electron chi connectivity index (χ4n) is 2.25. The van der Waals surface area contributed by atoms with Crippen LogP contribution in [0.4, 0.5) is 11.4 Å². The highest BCUT2D eigenvalue weighted by molar-refractivity contribution is 6.09. The number of anilines is 2. The van der Waals surface area contributed by atoms with Crippen molar-refractivity contribution in [2.24, 2.45) is 7.05 Å². The van der Waals surface area contributed by atoms with Crippen molar-refractivity contribution in [1.82, 2.24) is 4.57 Å². The summed E-state index contributed by atoms with van der Waals surface area (Å²) in [5.41, 5.74) is 15.6. The van der Waals surface area contributed by atoms with Crippen LogP contribution in [0, 0.1) is 0 Å². The molecule has 3 rings (SSSR count). The Morgan fingerprint density at radius 3 is 1.69 bits per heavy atom. The van der Waals surface area contributed by atoms with E-state index in [-0.39, 0.29) is 0 Å². The second-order valence-electron chi connectivity index (χ2n) is 4.11. The second-order valence-corrected chi connectivity index (χ2v) is 4.11. The van der Waals surface area contributed by atoms with Gasteiger partial charge in [-0.2, -0.15) is 0 Å². The molecule has 0 saturated heterocycles. The van der Waals surface area contributed by atoms with Crippen molar-refractivity contribution in [3.8, 4) is 0 Å². The Bertz CT molecular complexity index is 636. The number of fused-ring (bicyclic) bond motifs is 3. The molecule has 2 aromatic carbocycles. The van der Waals surface area contributed by atoms with E-state index in [0.29, 0.717) is 0 Å². The highest BCUT2D eigenvalue weighted by Crippen LogP contribution is 2.30. The topological polar surface area (TPSA) is 57.0 Å². The molecule has 0 fully saturated rings. The number of hydrogen-bond acceptors (Lipinski definition) is 2. The fourth-order valence-corrected chi connectivity index (χ4v) is 2.25. The van der Waals surface area contributed by atoms with Gasteiger partial charge in [0.25, 0.3) is 0 Å². The summed E-state index contributed by atoms with van der Waals surface area (Å²) in [4.78, 5) is 0. The van der Waals surface area contributed by atoms with Gasteiger partial charge in [0.2, 0.25) is 0 Å². The van der Waals surface area contributed by atoms with Gasteiger partial charge in [-0.3, -0.25) is 0 Å². The SMILES string of the molecule is Cn1c2ccc(N)cc2c2cc(N)ccc21. The van der Waals surface area contributed by atoms with E-state index in [1.54, 1.807) is 0 Å². The second kappa shape index (κ2) is 2.92. The molecule has 3 heteroatoms. The fraction of sp³-hybridized carbons (Fsp3) is 0.0769. The van der Waals surface area contributed by atoms with E-state index in [4.69, 9.17) is 11.5 Å². The van der Waals surface area contributed by atoms with Crippen molar-refractivity contribution in [1.29, 1.82) is 0 Å². The van der Waals surface area contributed by atoms with Crippen molar-refractivity contribution in [2.45, 2.75) is 0 Å². The van der Waals surface area contributed by atoms with Gasteiger partial charge in [-0.05, 0) is 36.4 Å². The Balaban J connectivity index is 2.60. The van der Waals surface area contributed by atoms with Crippen LogP contribution >= 0.6 is 0 Å². The molecular weight excluding hydrogens is 198 g/mol. The average molecular weight is 211 g/mol. The van der Waals surface area contributed by atoms with E-state index >= 15 is 0 Å². The summed E-state index contributed by atoms with van der Waals surface area (Å²) >= 11 is 0. The number of benzene rings is 2. The van der Waals surface area contributed by atoms with Crippen LogP contribution in [0.1, 0.15) is 0 Å². The maximum absolute atomic E-state index is 5.82. The zero-order valence-corrected chi connectivity index (χ0v) is 9.07. The highest BCUT2D eigenvalue weighted by atomic mass is 14.9. The Kier molecular flexibility index (Phi) is 1.66. The minimum Gasteiger partial charge on any atom is -0.399 e. The molecule has 0 radical (unpaired) electrons. The van der Waals surface area contributed by atoms with Gasteiger partial charge >= 0.3 is 0 Å². The quantitative estimate of drug-likeness (QED) is 0.561. The Morgan fingerprint density at radius 1 is 0.812 bits per heavy atom. The van der Waals surface area contributed by atoms with Crippen LogP contribution in [0.15, 0.2) is 36.4 Å². The number of rotatable bonds is 0. The Labute approximate surface area is 93.3 Å². The van der Waals surface area contributed by atoms with Crippen molar-refractivity contribution < 1.29 is 0 Å². The van der Waals surface area contributed by atoms with Crippen LogP contribution in [0.2, 0.25) is 0 Å². The third-order valence-corrected chi connectivity index (χ3v) is 3.05. The molecule has 0 aliphatic heterocycles. The number of hydrogen-bond donors (Lipinski definition) is 2. The largest absolute Gasteiger partial charge is 0.399 e. The lowest BCUT2D eigenvalue weighted by Crippen LogP contribution is -1.88. The molecule has 0 aliphatic rings. The molecule has 1 heterocycles. The first-order valence-corrected chi connectivity index (χ1v) is 5.20. The van der Waals surface area contributed by atoms with Crippen molar-refractivity contribution in [3.05, 3.63) is 36.4 Å². The number of nitrogen functional groups attached to an aromatic ring is 2. The molecule has 80 valence electrons. The van der Waals surface area contributed by atoms with Gasteiger partial charge in [0.1, 0.15) is 0 Å². The summed E-state index contributed by atoms with van der Waals surface area (Å²) < 4.78 is 2.16. The molecule has 0 atom stereocenters. The minimum absolute atomic E-state index is 0.780. The predicted molar refractivity (Wildman–Crippen MR) is 69.2 cm³/mol. The Hall–Kier alpha value is -2.16. The maximum atomic E-state index is 5.82. The first kappa shape index (κ1) is 9.09. The molecule has 0 bridgehead atoms. The summed E-state index contributed by atoms with van der Waals surface area (Å²) in [5, 5.41) is 2.31. The van der Waals surface area contributed by atoms with E-state index < -0.39 is 0 Å². The smallest absolute Gasteiger partial charge is 0.0490 e. The molecule has 0 saturated carbocycles. The molecule has 3 aromatic rings. The van der Waals surface area contributed by atoms with Crippen molar-refractivity contribution in [2.75, 3.05) is 11.5 Å². The van der Waals surface area contributed by atoms with Crippen LogP contribution in [-0.4, -0.2) is 4.57 Å². The number of nitrogens with two attached hydrogens (primary N) is 2. The van der Waals surface area contributed by atoms with E-state index in [1.807, 2.05) is 36.4 Å². The molecule has 0 amide bonds. The lowest BCUT2D eigenvalue weighted by atomic mass is 10.1. The number of aromatic nitrogens is 1. The minimum atomic E-state index is 0.780. The summed E-state index contributed by atoms with van der Waals surface area (Å²) in [6.07, 6.45) is 0. The van der Waals surface area contributed by atoms with Gasteiger partial charge in [-0.25, -0.2) is 0 Å². The lowest BCUT2D eigenvalue weighted by Gasteiger charge is -1.97. The average Bonchev–Trinajstić information content (AvgIpc) is 2.52. The summed E-state index contributed by atoms with van der Waals surface area (Å²) in [7, 11) is 2.05. The lowest BCUT2D eigenvalue weighted by molar-refractivity contribution is 1.01. The summed E-state index contributed by atoms with van der Waals surface area (Å²) in [6.45, 7) is 0. The van der Waals surface area contributed by atoms with E-state index in [1.165, 1.54) is 11.0 Å². The molecule has 1 aromatic heterocycles. The molecule has 16 heavy (non-hydrogen) atoms. The number of aryl methyl sites for hydroxylation is 1. The van der Waals surface area contributed by atoms with Gasteiger partial charge in [-0.15, -0.1) is 0 Å². The molecule has 0 aliphatic carbocycles. The van der Waals surface area contributed by atoms with Crippen LogP contribution in [-0.2, 0) is 7.05 Å². The highest BCUT2D eigenvalue weighted by Gasteiger charge is 2.07. The van der Waals surface area contributed by atoms with Crippen LogP contribution in [0.25, 0.3) is 21.8 Å². The molecular formula is C13H13N3. The third-order valence-electron chi connectivity index (χ3n) is 3.05. The van der Waals surface area contributed by atoms with Gasteiger partial charge in [0.05, 0.1) is 0 Å². The molecule has 0 spiro atoms. The van der Waals surface area contributed by atoms with Gasteiger partial charge in [0, 0.05) is 40.2 Å². The first-order valence-electron chi connectivity index (χ1n) is 5.20. The van der Waals surface area contributed by atoms with Crippen LogP contribution < -0.4 is 11.5 Å². The maximum Gasteiger partial charge on any atom is 0.0490 e. The van der Waals surface area contributed by atoms with Crippen molar-refractivity contribution >= 4 is 33.2 Å². The van der Waals surface area contributed by atoms with E-state index in [9.17, 15) is 0 Å². The predicted octanol–water partition coefficient (Wildman–Crippen LogP) is 2.50. The first-order chi connectivity index (χ1) is 7.66. The standard InChI is InChI=1S/C13H13N3/c1-16-12-4-2-8(14)6-10(12)11-7-9(15)3-5-13(11)16/h2-7H,14-15H2,1H3. The number of nitrogens with zero attached hydrogens (tertiary/aromatic N) is 1. The van der Waals surface area contributed by atoms with Gasteiger partial charge in [-0.1, -0.05) is 0 Å². The van der Waals surface area contributed by atoms with Crippen molar-refractivity contribution in [3.63, 3.8) is 0 Å². The van der Waals surface area contributed by atoms with Crippen LogP contribution in [0.3, 0.4) is 0 Å². The summed E-state index contributed by atoms with van der Waals surface area (Å²) in [6, 6.07) is 11.9. The Morgan fingerprint density at radius 2 is 1.25 bits per heavy atom.